The monoisotopic (exact) mass is 451 g/mol. The van der Waals surface area contributed by atoms with Crippen LogP contribution in [0, 0.1) is 17.3 Å². The zero-order valence-electron chi connectivity index (χ0n) is 18.1. The van der Waals surface area contributed by atoms with E-state index in [-0.39, 0.29) is 28.6 Å². The molecule has 2 fully saturated rings. The Morgan fingerprint density at radius 2 is 1.70 bits per heavy atom. The van der Waals surface area contributed by atoms with Crippen molar-refractivity contribution in [3.8, 4) is 0 Å². The third-order valence-electron chi connectivity index (χ3n) is 6.75. The van der Waals surface area contributed by atoms with E-state index in [1.54, 1.807) is 24.3 Å². The van der Waals surface area contributed by atoms with E-state index in [0.717, 1.165) is 18.4 Å². The maximum absolute atomic E-state index is 12.7. The molecule has 2 aliphatic rings. The summed E-state index contributed by atoms with van der Waals surface area (Å²) in [5.41, 5.74) is 0.991. The average molecular weight is 451 g/mol. The summed E-state index contributed by atoms with van der Waals surface area (Å²) in [5.74, 6) is -2.42. The van der Waals surface area contributed by atoms with E-state index in [2.05, 4.69) is 12.2 Å². The predicted octanol–water partition coefficient (Wildman–Crippen LogP) is 3.07. The molecule has 172 valence electrons. The summed E-state index contributed by atoms with van der Waals surface area (Å²) in [7, 11) is 0. The normalized spacial score (nSPS) is 24.6. The number of amides is 1. The molecule has 8 heteroatoms. The number of aromatic carboxylic acids is 1. The minimum atomic E-state index is -1.33. The fourth-order valence-corrected chi connectivity index (χ4v) is 5.13. The van der Waals surface area contributed by atoms with Crippen molar-refractivity contribution in [1.29, 1.82) is 0 Å². The van der Waals surface area contributed by atoms with Crippen LogP contribution in [0.4, 0.5) is 0 Å². The molecule has 1 aliphatic carbocycles. The van der Waals surface area contributed by atoms with Gasteiger partial charge in [-0.1, -0.05) is 31.2 Å². The van der Waals surface area contributed by atoms with Crippen LogP contribution in [0.3, 0.4) is 0 Å². The lowest BCUT2D eigenvalue weighted by Gasteiger charge is -2.24. The zero-order chi connectivity index (χ0) is 23.8. The van der Waals surface area contributed by atoms with E-state index in [0.29, 0.717) is 18.9 Å². The SMILES string of the molecule is CC1CC2COC(=O)C2(Cc2ccc(C(=O)NC(C(=O)O)c3ccc(C(=O)O)cc3)cc2)C1. The number of carboxylic acids is 2. The summed E-state index contributed by atoms with van der Waals surface area (Å²) in [6, 6.07) is 10.8. The highest BCUT2D eigenvalue weighted by molar-refractivity contribution is 5.97. The first kappa shape index (κ1) is 22.5. The molecule has 0 radical (unpaired) electrons. The third-order valence-corrected chi connectivity index (χ3v) is 6.75. The average Bonchev–Trinajstić information content (AvgIpc) is 3.25. The van der Waals surface area contributed by atoms with Gasteiger partial charge in [-0.15, -0.1) is 0 Å². The summed E-state index contributed by atoms with van der Waals surface area (Å²) in [4.78, 5) is 47.9. The van der Waals surface area contributed by atoms with Crippen LogP contribution in [0.25, 0.3) is 0 Å². The first-order valence-electron chi connectivity index (χ1n) is 10.8. The Bertz CT molecular complexity index is 1090. The van der Waals surface area contributed by atoms with Gasteiger partial charge in [0.2, 0.25) is 0 Å². The Morgan fingerprint density at radius 3 is 2.30 bits per heavy atom. The molecule has 4 rings (SSSR count). The van der Waals surface area contributed by atoms with Gasteiger partial charge in [0.05, 0.1) is 17.6 Å². The van der Waals surface area contributed by atoms with Crippen LogP contribution in [0.5, 0.6) is 0 Å². The second kappa shape index (κ2) is 8.69. The molecule has 1 aliphatic heterocycles. The van der Waals surface area contributed by atoms with Gasteiger partial charge < -0.3 is 20.3 Å². The van der Waals surface area contributed by atoms with E-state index in [1.165, 1.54) is 24.3 Å². The fraction of sp³-hybridized carbons (Fsp3) is 0.360. The maximum Gasteiger partial charge on any atom is 0.335 e. The Hall–Kier alpha value is -3.68. The topological polar surface area (TPSA) is 130 Å². The van der Waals surface area contributed by atoms with E-state index in [9.17, 15) is 24.3 Å². The molecule has 3 N–H and O–H groups in total. The molecule has 1 heterocycles. The van der Waals surface area contributed by atoms with Gasteiger partial charge in [0.1, 0.15) is 0 Å². The molecule has 1 saturated carbocycles. The lowest BCUT2D eigenvalue weighted by molar-refractivity contribution is -0.146. The van der Waals surface area contributed by atoms with Crippen molar-refractivity contribution in [2.75, 3.05) is 6.61 Å². The minimum absolute atomic E-state index is 0.0225. The summed E-state index contributed by atoms with van der Waals surface area (Å²) >= 11 is 0. The number of hydrogen-bond acceptors (Lipinski definition) is 5. The number of fused-ring (bicyclic) bond motifs is 1. The van der Waals surface area contributed by atoms with Crippen LogP contribution in [0.1, 0.15) is 57.7 Å². The highest BCUT2D eigenvalue weighted by Gasteiger charge is 2.56. The number of cyclic esters (lactones) is 1. The van der Waals surface area contributed by atoms with Crippen molar-refractivity contribution in [2.45, 2.75) is 32.2 Å². The highest BCUT2D eigenvalue weighted by atomic mass is 16.5. The number of ether oxygens (including phenoxy) is 1. The van der Waals surface area contributed by atoms with Gasteiger partial charge in [-0.2, -0.15) is 0 Å². The van der Waals surface area contributed by atoms with Crippen LogP contribution in [-0.4, -0.2) is 40.6 Å². The molecule has 4 unspecified atom stereocenters. The molecular weight excluding hydrogens is 426 g/mol. The molecule has 0 aromatic heterocycles. The quantitative estimate of drug-likeness (QED) is 0.552. The predicted molar refractivity (Wildman–Crippen MR) is 117 cm³/mol. The molecule has 4 atom stereocenters. The van der Waals surface area contributed by atoms with Gasteiger partial charge in [0.25, 0.3) is 5.91 Å². The molecule has 2 aromatic carbocycles. The van der Waals surface area contributed by atoms with Gasteiger partial charge >= 0.3 is 17.9 Å². The van der Waals surface area contributed by atoms with Crippen LogP contribution in [0.15, 0.2) is 48.5 Å². The molecule has 33 heavy (non-hydrogen) atoms. The fourth-order valence-electron chi connectivity index (χ4n) is 5.13. The molecule has 0 spiro atoms. The smallest absolute Gasteiger partial charge is 0.335 e. The summed E-state index contributed by atoms with van der Waals surface area (Å²) in [5, 5.41) is 21.0. The Balaban J connectivity index is 1.47. The van der Waals surface area contributed by atoms with Gasteiger partial charge in [-0.05, 0) is 60.6 Å². The van der Waals surface area contributed by atoms with Crippen LogP contribution in [-0.2, 0) is 20.7 Å². The minimum Gasteiger partial charge on any atom is -0.479 e. The number of esters is 1. The van der Waals surface area contributed by atoms with E-state index in [1.807, 2.05) is 0 Å². The lowest BCUT2D eigenvalue weighted by Crippen LogP contribution is -2.34. The standard InChI is InChI=1S/C25H25NO7/c1-14-10-19-13-33-24(32)25(19,11-14)12-15-2-4-17(5-3-15)21(27)26-20(23(30)31)16-6-8-18(9-7-16)22(28)29/h2-9,14,19-20H,10-13H2,1H3,(H,26,27)(H,28,29)(H,30,31). The first-order chi connectivity index (χ1) is 15.7. The van der Waals surface area contributed by atoms with E-state index < -0.39 is 29.3 Å². The van der Waals surface area contributed by atoms with Crippen molar-refractivity contribution < 1.29 is 34.1 Å². The molecule has 0 bridgehead atoms. The van der Waals surface area contributed by atoms with Crippen molar-refractivity contribution in [3.63, 3.8) is 0 Å². The lowest BCUT2D eigenvalue weighted by atomic mass is 9.75. The molecular formula is C25H25NO7. The number of carbonyl (C=O) groups excluding carboxylic acids is 2. The maximum atomic E-state index is 12.7. The number of nitrogens with one attached hydrogen (secondary N) is 1. The first-order valence-corrected chi connectivity index (χ1v) is 10.8. The Morgan fingerprint density at radius 1 is 1.06 bits per heavy atom. The number of aliphatic carboxylic acids is 1. The van der Waals surface area contributed by atoms with E-state index >= 15 is 0 Å². The molecule has 8 nitrogen and oxygen atoms in total. The largest absolute Gasteiger partial charge is 0.479 e. The van der Waals surface area contributed by atoms with Crippen LogP contribution in [0.2, 0.25) is 0 Å². The van der Waals surface area contributed by atoms with Crippen molar-refractivity contribution in [1.82, 2.24) is 5.32 Å². The summed E-state index contributed by atoms with van der Waals surface area (Å²) < 4.78 is 5.34. The highest BCUT2D eigenvalue weighted by Crippen LogP contribution is 2.52. The Kier molecular flexibility index (Phi) is 5.93. The second-order valence-corrected chi connectivity index (χ2v) is 9.04. The number of benzene rings is 2. The number of hydrogen-bond donors (Lipinski definition) is 3. The molecule has 1 amide bonds. The van der Waals surface area contributed by atoms with Crippen molar-refractivity contribution in [2.24, 2.45) is 17.3 Å². The molecule has 2 aromatic rings. The Labute approximate surface area is 190 Å². The summed E-state index contributed by atoms with van der Waals surface area (Å²) in [6.45, 7) is 2.61. The van der Waals surface area contributed by atoms with Crippen LogP contribution < -0.4 is 5.32 Å². The van der Waals surface area contributed by atoms with Gasteiger partial charge in [0.15, 0.2) is 6.04 Å². The third kappa shape index (κ3) is 4.33. The number of carbonyl (C=O) groups is 4. The van der Waals surface area contributed by atoms with Crippen LogP contribution >= 0.6 is 0 Å². The zero-order valence-corrected chi connectivity index (χ0v) is 18.1. The summed E-state index contributed by atoms with van der Waals surface area (Å²) in [6.07, 6.45) is 2.31. The van der Waals surface area contributed by atoms with Gasteiger partial charge in [-0.25, -0.2) is 9.59 Å². The number of rotatable bonds is 7. The van der Waals surface area contributed by atoms with E-state index in [4.69, 9.17) is 9.84 Å². The second-order valence-electron chi connectivity index (χ2n) is 9.04. The van der Waals surface area contributed by atoms with Crippen molar-refractivity contribution >= 4 is 23.8 Å². The van der Waals surface area contributed by atoms with Crippen molar-refractivity contribution in [3.05, 3.63) is 70.8 Å². The van der Waals surface area contributed by atoms with Gasteiger partial charge in [0, 0.05) is 11.5 Å². The number of carboxylic acid groups (broad SMARTS) is 2. The van der Waals surface area contributed by atoms with Gasteiger partial charge in [-0.3, -0.25) is 9.59 Å². The molecule has 1 saturated heterocycles.